The molecule has 0 saturated carbocycles. The average Bonchev–Trinajstić information content (AvgIpc) is 3.28. The molecule has 0 aliphatic carbocycles. The van der Waals surface area contributed by atoms with Gasteiger partial charge in [-0.1, -0.05) is 103 Å². The van der Waals surface area contributed by atoms with Crippen LogP contribution in [0.25, 0.3) is 21.9 Å². The van der Waals surface area contributed by atoms with E-state index in [0.29, 0.717) is 5.56 Å². The smallest absolute Gasteiger partial charge is 0.135 e. The van der Waals surface area contributed by atoms with Crippen molar-refractivity contribution in [3.8, 4) is 0 Å². The van der Waals surface area contributed by atoms with Gasteiger partial charge in [-0.2, -0.15) is 20.7 Å². The van der Waals surface area contributed by atoms with E-state index in [-0.39, 0.29) is 5.84 Å². The van der Waals surface area contributed by atoms with Crippen molar-refractivity contribution in [1.29, 1.82) is 5.41 Å². The van der Waals surface area contributed by atoms with E-state index >= 15 is 0 Å². The van der Waals surface area contributed by atoms with Gasteiger partial charge in [0.2, 0.25) is 0 Å². The minimum Gasteiger partial charge on any atom is -0.456 e. The van der Waals surface area contributed by atoms with Gasteiger partial charge in [0, 0.05) is 16.3 Å². The standard InChI is InChI=1S/C31H24N2OSi/c32-31(33)22-16-18-29-27(20-22)28-21-26(17-19-30(28)34-29)35(23-10-4-1-5-11-23,24-12-6-2-7-13-24)25-14-8-3-9-15-25/h1-21H,(H3,32,33)/q-1. The number of nitrogen functional groups attached to an aromatic ring is 1. The Morgan fingerprint density at radius 1 is 0.543 bits per heavy atom. The minimum absolute atomic E-state index is 0.0546. The first-order valence-corrected chi connectivity index (χ1v) is 13.7. The van der Waals surface area contributed by atoms with E-state index in [1.54, 1.807) is 0 Å². The van der Waals surface area contributed by atoms with E-state index in [2.05, 4.69) is 109 Å². The molecule has 0 radical (unpaired) electrons. The zero-order chi connectivity index (χ0) is 23.8. The fourth-order valence-electron chi connectivity index (χ4n) is 5.24. The van der Waals surface area contributed by atoms with Crippen LogP contribution in [0.4, 0.5) is 0 Å². The van der Waals surface area contributed by atoms with Crippen LogP contribution in [0.1, 0.15) is 5.56 Å². The number of rotatable bonds is 5. The highest BCUT2D eigenvalue weighted by atomic mass is 28.3. The zero-order valence-corrected chi connectivity index (χ0v) is 20.1. The van der Waals surface area contributed by atoms with Crippen LogP contribution >= 0.6 is 0 Å². The van der Waals surface area contributed by atoms with Gasteiger partial charge in [-0.3, -0.25) is 5.41 Å². The van der Waals surface area contributed by atoms with Crippen LogP contribution in [-0.4, -0.2) is 13.9 Å². The summed E-state index contributed by atoms with van der Waals surface area (Å²) in [7, 11) is -2.62. The Morgan fingerprint density at radius 3 is 1.49 bits per heavy atom. The second kappa shape index (κ2) is 8.42. The molecule has 0 bridgehead atoms. The average molecular weight is 469 g/mol. The van der Waals surface area contributed by atoms with Crippen LogP contribution in [0.15, 0.2) is 132 Å². The third-order valence-corrected chi connectivity index (χ3v) is 11.6. The van der Waals surface area contributed by atoms with Crippen molar-refractivity contribution < 1.29 is 4.42 Å². The van der Waals surface area contributed by atoms with Crippen molar-refractivity contribution in [1.82, 2.24) is 0 Å². The third-order valence-electron chi connectivity index (χ3n) is 6.83. The molecule has 0 aliphatic heterocycles. The number of nitrogens with one attached hydrogen (secondary N) is 1. The summed E-state index contributed by atoms with van der Waals surface area (Å²) >= 11 is 0. The van der Waals surface area contributed by atoms with Crippen LogP contribution in [0.2, 0.25) is 0 Å². The highest BCUT2D eigenvalue weighted by molar-refractivity contribution is 7.20. The summed E-state index contributed by atoms with van der Waals surface area (Å²) in [5.41, 5.74) is 8.14. The van der Waals surface area contributed by atoms with Crippen molar-refractivity contribution in [2.75, 3.05) is 0 Å². The van der Waals surface area contributed by atoms with Crippen molar-refractivity contribution in [3.63, 3.8) is 0 Å². The molecule has 0 unspecified atom stereocenters. The maximum atomic E-state index is 7.90. The molecule has 6 rings (SSSR count). The summed E-state index contributed by atoms with van der Waals surface area (Å²) in [6.07, 6.45) is 0. The van der Waals surface area contributed by atoms with Gasteiger partial charge in [-0.25, -0.2) is 0 Å². The molecule has 5 aromatic carbocycles. The van der Waals surface area contributed by atoms with Gasteiger partial charge in [0.05, 0.1) is 0 Å². The maximum Gasteiger partial charge on any atom is 0.135 e. The van der Waals surface area contributed by atoms with E-state index in [9.17, 15) is 0 Å². The molecule has 0 aliphatic rings. The van der Waals surface area contributed by atoms with Gasteiger partial charge in [0.1, 0.15) is 17.0 Å². The van der Waals surface area contributed by atoms with Crippen LogP contribution in [0.3, 0.4) is 0 Å². The summed E-state index contributed by atoms with van der Waals surface area (Å²) in [5.74, 6) is 0.0546. The molecular formula is C31H24N2OSi-. The number of furan rings is 1. The number of benzene rings is 5. The van der Waals surface area contributed by atoms with E-state index < -0.39 is 8.07 Å². The molecule has 0 spiro atoms. The second-order valence-corrected chi connectivity index (χ2v) is 12.6. The summed E-state index contributed by atoms with van der Waals surface area (Å²) in [5, 5.41) is 15.2. The fourth-order valence-corrected chi connectivity index (χ4v) is 10.0. The predicted octanol–water partition coefficient (Wildman–Crippen LogP) is 4.25. The van der Waals surface area contributed by atoms with Gasteiger partial charge in [0.15, 0.2) is 0 Å². The number of amidine groups is 1. The Morgan fingerprint density at radius 2 is 1.00 bits per heavy atom. The third kappa shape index (κ3) is 3.38. The molecule has 0 saturated heterocycles. The number of hydrogen-bond donors (Lipinski definition) is 2. The predicted molar refractivity (Wildman–Crippen MR) is 148 cm³/mol. The summed E-state index contributed by atoms with van der Waals surface area (Å²) in [6, 6.07) is 44.9. The van der Waals surface area contributed by atoms with Crippen LogP contribution in [0, 0.1) is 5.41 Å². The molecule has 4 heteroatoms. The Balaban J connectivity index is 1.73. The molecule has 3 nitrogen and oxygen atoms in total. The Hall–Kier alpha value is -4.41. The van der Waals surface area contributed by atoms with Crippen molar-refractivity contribution in [2.45, 2.75) is 0 Å². The lowest BCUT2D eigenvalue weighted by Crippen LogP contribution is -2.74. The second-order valence-electron chi connectivity index (χ2n) is 8.79. The maximum absolute atomic E-state index is 7.90. The lowest BCUT2D eigenvalue weighted by atomic mass is 10.1. The Bertz CT molecular complexity index is 1560. The van der Waals surface area contributed by atoms with E-state index in [1.165, 1.54) is 20.7 Å². The van der Waals surface area contributed by atoms with Crippen LogP contribution in [0.5, 0.6) is 0 Å². The lowest BCUT2D eigenvalue weighted by molar-refractivity contribution is 0.669. The SMILES string of the molecule is N=C(N)c1ccc2oc3ccc([Si-](c4ccccc4)(c4ccccc4)c4ccccc4)cc3c2c1. The summed E-state index contributed by atoms with van der Waals surface area (Å²) < 4.78 is 6.18. The van der Waals surface area contributed by atoms with Crippen molar-refractivity contribution >= 4 is 56.6 Å². The van der Waals surface area contributed by atoms with E-state index in [1.807, 2.05) is 18.2 Å². The van der Waals surface area contributed by atoms with Crippen LogP contribution < -0.4 is 26.5 Å². The molecule has 0 amide bonds. The monoisotopic (exact) mass is 468 g/mol. The van der Waals surface area contributed by atoms with Crippen molar-refractivity contribution in [2.24, 2.45) is 5.73 Å². The molecule has 35 heavy (non-hydrogen) atoms. The Labute approximate surface area is 205 Å². The zero-order valence-electron chi connectivity index (χ0n) is 19.1. The highest BCUT2D eigenvalue weighted by Gasteiger charge is 2.28. The van der Waals surface area contributed by atoms with E-state index in [4.69, 9.17) is 15.6 Å². The quantitative estimate of drug-likeness (QED) is 0.172. The lowest BCUT2D eigenvalue weighted by Gasteiger charge is -2.47. The van der Waals surface area contributed by atoms with Gasteiger partial charge in [0.25, 0.3) is 0 Å². The Kier molecular flexibility index (Phi) is 5.09. The number of fused-ring (bicyclic) bond motifs is 3. The molecule has 169 valence electrons. The van der Waals surface area contributed by atoms with E-state index in [0.717, 1.165) is 21.9 Å². The minimum atomic E-state index is -2.62. The van der Waals surface area contributed by atoms with Gasteiger partial charge in [-0.15, -0.1) is 0 Å². The molecule has 0 fully saturated rings. The first-order valence-electron chi connectivity index (χ1n) is 11.7. The molecule has 0 atom stereocenters. The molecule has 1 heterocycles. The molecule has 1 aromatic heterocycles. The molecule has 3 N–H and O–H groups in total. The van der Waals surface area contributed by atoms with Gasteiger partial charge < -0.3 is 10.2 Å². The largest absolute Gasteiger partial charge is 0.456 e. The van der Waals surface area contributed by atoms with Crippen LogP contribution in [-0.2, 0) is 0 Å². The summed E-state index contributed by atoms with van der Waals surface area (Å²) in [6.45, 7) is 0. The van der Waals surface area contributed by atoms with Crippen molar-refractivity contribution in [3.05, 3.63) is 133 Å². The van der Waals surface area contributed by atoms with Gasteiger partial charge in [-0.05, 0) is 32.3 Å². The first-order chi connectivity index (χ1) is 17.2. The number of hydrogen-bond acceptors (Lipinski definition) is 2. The van der Waals surface area contributed by atoms with Gasteiger partial charge >= 0.3 is 0 Å². The topological polar surface area (TPSA) is 63.0 Å². The molecule has 6 aromatic rings. The summed E-state index contributed by atoms with van der Waals surface area (Å²) in [4.78, 5) is 0. The first kappa shape index (κ1) is 21.1. The number of nitrogens with two attached hydrogens (primary N) is 1. The highest BCUT2D eigenvalue weighted by Crippen LogP contribution is 2.29. The normalized spacial score (nSPS) is 11.7. The fraction of sp³-hybridized carbons (Fsp3) is 0. The molecular weight excluding hydrogens is 444 g/mol.